The fourth-order valence-electron chi connectivity index (χ4n) is 2.75. The predicted octanol–water partition coefficient (Wildman–Crippen LogP) is 0.521. The molecule has 0 aromatic rings. The summed E-state index contributed by atoms with van der Waals surface area (Å²) in [5.74, 6) is -0.358. The molecule has 6 heteroatoms. The van der Waals surface area contributed by atoms with E-state index < -0.39 is 21.2 Å². The van der Waals surface area contributed by atoms with Crippen molar-refractivity contribution in [2.45, 2.75) is 31.4 Å². The maximum Gasteiger partial charge on any atom is 0.323 e. The molecule has 0 radical (unpaired) electrons. The van der Waals surface area contributed by atoms with E-state index >= 15 is 0 Å². The molecule has 2 fully saturated rings. The zero-order valence-corrected chi connectivity index (χ0v) is 10.1. The van der Waals surface area contributed by atoms with Gasteiger partial charge in [-0.25, -0.2) is 12.7 Å². The maximum absolute atomic E-state index is 12.0. The van der Waals surface area contributed by atoms with Crippen LogP contribution in [0.5, 0.6) is 0 Å². The molecule has 0 aromatic heterocycles. The van der Waals surface area contributed by atoms with E-state index in [0.717, 1.165) is 12.8 Å². The van der Waals surface area contributed by atoms with Gasteiger partial charge >= 0.3 is 5.97 Å². The van der Waals surface area contributed by atoms with Gasteiger partial charge in [0, 0.05) is 13.1 Å². The van der Waals surface area contributed by atoms with Gasteiger partial charge in [-0.1, -0.05) is 6.42 Å². The molecule has 2 rings (SSSR count). The van der Waals surface area contributed by atoms with E-state index in [1.54, 1.807) is 0 Å². The average Bonchev–Trinajstić information content (AvgIpc) is 2.74. The van der Waals surface area contributed by atoms with E-state index in [9.17, 15) is 13.2 Å². The molecule has 1 N–H and O–H groups in total. The Bertz CT molecular complexity index is 380. The van der Waals surface area contributed by atoms with E-state index in [4.69, 9.17) is 5.11 Å². The van der Waals surface area contributed by atoms with Crippen molar-refractivity contribution in [3.8, 4) is 0 Å². The molecule has 5 nitrogen and oxygen atoms in total. The molecule has 2 aliphatic rings. The molecule has 0 spiro atoms. The van der Waals surface area contributed by atoms with Gasteiger partial charge < -0.3 is 5.11 Å². The van der Waals surface area contributed by atoms with Crippen molar-refractivity contribution in [3.63, 3.8) is 0 Å². The lowest BCUT2D eigenvalue weighted by Crippen LogP contribution is -2.40. The van der Waals surface area contributed by atoms with Gasteiger partial charge in [-0.05, 0) is 31.6 Å². The first-order valence-electron chi connectivity index (χ1n) is 5.64. The van der Waals surface area contributed by atoms with Crippen LogP contribution < -0.4 is 0 Å². The average molecular weight is 247 g/mol. The lowest BCUT2D eigenvalue weighted by atomic mass is 10.0. The maximum atomic E-state index is 12.0. The quantitative estimate of drug-likeness (QED) is 0.789. The number of sulfonamides is 1. The summed E-state index contributed by atoms with van der Waals surface area (Å²) in [7, 11) is -3.65. The highest BCUT2D eigenvalue weighted by Gasteiger charge is 2.44. The Kier molecular flexibility index (Phi) is 2.96. The smallest absolute Gasteiger partial charge is 0.323 e. The largest absolute Gasteiger partial charge is 0.480 e. The number of carboxylic acid groups (broad SMARTS) is 1. The van der Waals surface area contributed by atoms with Gasteiger partial charge in [-0.3, -0.25) is 4.79 Å². The molecular weight excluding hydrogens is 230 g/mol. The number of fused-ring (bicyclic) bond motifs is 1. The number of carbonyl (C=O) groups is 1. The normalized spacial score (nSPS) is 32.6. The summed E-state index contributed by atoms with van der Waals surface area (Å²) in [6, 6.07) is 0. The van der Waals surface area contributed by atoms with Crippen LogP contribution in [0.15, 0.2) is 0 Å². The van der Waals surface area contributed by atoms with Gasteiger partial charge in [0.25, 0.3) is 0 Å². The molecule has 0 bridgehead atoms. The summed E-state index contributed by atoms with van der Waals surface area (Å²) in [6.45, 7) is 2.28. The van der Waals surface area contributed by atoms with Gasteiger partial charge in [-0.2, -0.15) is 0 Å². The van der Waals surface area contributed by atoms with Crippen LogP contribution in [-0.2, 0) is 14.8 Å². The van der Waals surface area contributed by atoms with Crippen LogP contribution in [0.4, 0.5) is 0 Å². The molecule has 3 unspecified atom stereocenters. The summed E-state index contributed by atoms with van der Waals surface area (Å²) in [5.41, 5.74) is 0. The van der Waals surface area contributed by atoms with Gasteiger partial charge in [0.2, 0.25) is 10.0 Å². The van der Waals surface area contributed by atoms with Crippen LogP contribution in [0.1, 0.15) is 26.2 Å². The first-order valence-corrected chi connectivity index (χ1v) is 7.15. The number of aliphatic carboxylic acids is 1. The van der Waals surface area contributed by atoms with E-state index in [1.807, 2.05) is 0 Å². The Labute approximate surface area is 95.5 Å². The molecule has 1 saturated carbocycles. The van der Waals surface area contributed by atoms with Crippen molar-refractivity contribution in [2.24, 2.45) is 11.8 Å². The molecule has 1 heterocycles. The SMILES string of the molecule is CC(C(=O)O)S(=O)(=O)N1CC2CCCC2C1. The lowest BCUT2D eigenvalue weighted by molar-refractivity contribution is -0.136. The van der Waals surface area contributed by atoms with Gasteiger partial charge in [-0.15, -0.1) is 0 Å². The Morgan fingerprint density at radius 3 is 2.25 bits per heavy atom. The second kappa shape index (κ2) is 4.00. The lowest BCUT2D eigenvalue weighted by Gasteiger charge is -2.19. The molecule has 3 atom stereocenters. The number of carboxylic acids is 1. The fourth-order valence-corrected chi connectivity index (χ4v) is 4.25. The first kappa shape index (κ1) is 11.9. The number of hydrogen-bond donors (Lipinski definition) is 1. The topological polar surface area (TPSA) is 74.7 Å². The summed E-state index contributed by atoms with van der Waals surface area (Å²) >= 11 is 0. The van der Waals surface area contributed by atoms with Gasteiger partial charge in [0.05, 0.1) is 0 Å². The third kappa shape index (κ3) is 1.84. The number of rotatable bonds is 3. The zero-order chi connectivity index (χ0) is 11.9. The number of hydrogen-bond acceptors (Lipinski definition) is 3. The van der Waals surface area contributed by atoms with Crippen molar-refractivity contribution in [1.82, 2.24) is 4.31 Å². The van der Waals surface area contributed by atoms with E-state index in [-0.39, 0.29) is 0 Å². The van der Waals surface area contributed by atoms with Crippen LogP contribution in [-0.4, -0.2) is 42.1 Å². The Balaban J connectivity index is 2.12. The minimum absolute atomic E-state index is 0.454. The second-order valence-corrected chi connectivity index (χ2v) is 7.05. The molecular formula is C10H17NO4S. The van der Waals surface area contributed by atoms with Crippen molar-refractivity contribution in [3.05, 3.63) is 0 Å². The first-order chi connectivity index (χ1) is 7.43. The third-order valence-electron chi connectivity index (χ3n) is 3.85. The Morgan fingerprint density at radius 1 is 1.31 bits per heavy atom. The standard InChI is InChI=1S/C10H17NO4S/c1-7(10(12)13)16(14,15)11-5-8-3-2-4-9(8)6-11/h7-9H,2-6H2,1H3,(H,12,13). The summed E-state index contributed by atoms with van der Waals surface area (Å²) in [6.07, 6.45) is 3.34. The highest BCUT2D eigenvalue weighted by Crippen LogP contribution is 2.39. The monoisotopic (exact) mass is 247 g/mol. The van der Waals surface area contributed by atoms with Crippen LogP contribution in [0.3, 0.4) is 0 Å². The highest BCUT2D eigenvalue weighted by molar-refractivity contribution is 7.90. The van der Waals surface area contributed by atoms with Crippen molar-refractivity contribution >= 4 is 16.0 Å². The highest BCUT2D eigenvalue weighted by atomic mass is 32.2. The molecule has 92 valence electrons. The third-order valence-corrected chi connectivity index (χ3v) is 5.96. The van der Waals surface area contributed by atoms with E-state index in [0.29, 0.717) is 24.9 Å². The van der Waals surface area contributed by atoms with E-state index in [1.165, 1.54) is 17.6 Å². The minimum atomic E-state index is -3.65. The van der Waals surface area contributed by atoms with Gasteiger partial charge in [0.15, 0.2) is 5.25 Å². The molecule has 16 heavy (non-hydrogen) atoms. The molecule has 1 aliphatic carbocycles. The summed E-state index contributed by atoms with van der Waals surface area (Å²) in [5, 5.41) is 7.45. The van der Waals surface area contributed by atoms with Gasteiger partial charge in [0.1, 0.15) is 0 Å². The number of nitrogens with zero attached hydrogens (tertiary/aromatic N) is 1. The summed E-state index contributed by atoms with van der Waals surface area (Å²) < 4.78 is 25.3. The minimum Gasteiger partial charge on any atom is -0.480 e. The zero-order valence-electron chi connectivity index (χ0n) is 9.30. The Morgan fingerprint density at radius 2 is 1.81 bits per heavy atom. The van der Waals surface area contributed by atoms with Crippen molar-refractivity contribution in [2.75, 3.05) is 13.1 Å². The van der Waals surface area contributed by atoms with Crippen LogP contribution in [0.2, 0.25) is 0 Å². The fraction of sp³-hybridized carbons (Fsp3) is 0.900. The second-order valence-electron chi connectivity index (χ2n) is 4.79. The molecule has 1 aliphatic heterocycles. The molecule has 0 aromatic carbocycles. The summed E-state index contributed by atoms with van der Waals surface area (Å²) in [4.78, 5) is 10.7. The van der Waals surface area contributed by atoms with E-state index in [2.05, 4.69) is 0 Å². The van der Waals surface area contributed by atoms with Crippen molar-refractivity contribution < 1.29 is 18.3 Å². The van der Waals surface area contributed by atoms with Crippen LogP contribution in [0.25, 0.3) is 0 Å². The molecule has 1 saturated heterocycles. The van der Waals surface area contributed by atoms with Crippen LogP contribution >= 0.6 is 0 Å². The van der Waals surface area contributed by atoms with Crippen LogP contribution in [0, 0.1) is 11.8 Å². The molecule has 0 amide bonds. The predicted molar refractivity (Wildman–Crippen MR) is 58.4 cm³/mol. The Hall–Kier alpha value is -0.620. The van der Waals surface area contributed by atoms with Crippen molar-refractivity contribution in [1.29, 1.82) is 0 Å².